The molecule has 2 aromatic rings. The monoisotopic (exact) mass is 340 g/mol. The zero-order chi connectivity index (χ0) is 16.3. The highest BCUT2D eigenvalue weighted by atomic mass is 32.1. The first-order chi connectivity index (χ1) is 11.6. The summed E-state index contributed by atoms with van der Waals surface area (Å²) in [5.41, 5.74) is 2.23. The van der Waals surface area contributed by atoms with Gasteiger partial charge in [-0.1, -0.05) is 24.3 Å². The highest BCUT2D eigenvalue weighted by molar-refractivity contribution is 7.22. The van der Waals surface area contributed by atoms with Crippen LogP contribution in [0.2, 0.25) is 0 Å². The van der Waals surface area contributed by atoms with Crippen LogP contribution in [0.1, 0.15) is 51.0 Å². The molecule has 0 saturated heterocycles. The fourth-order valence-corrected chi connectivity index (χ4v) is 6.79. The van der Waals surface area contributed by atoms with Gasteiger partial charge < -0.3 is 5.32 Å². The molecule has 1 amide bonds. The number of fused-ring (bicyclic) bond motifs is 1. The Hall–Kier alpha value is -1.42. The van der Waals surface area contributed by atoms with Crippen LogP contribution in [-0.4, -0.2) is 10.9 Å². The van der Waals surface area contributed by atoms with E-state index in [1.54, 1.807) is 11.3 Å². The summed E-state index contributed by atoms with van der Waals surface area (Å²) in [6.45, 7) is 2.16. The van der Waals surface area contributed by atoms with Gasteiger partial charge in [0.15, 0.2) is 5.13 Å². The molecule has 24 heavy (non-hydrogen) atoms. The standard InChI is InChI=1S/C20H24N2OS/c1-2-12-3-4-16-17(8-12)24-19(21-16)22-18(23)20-9-13-5-14(10-20)7-15(6-13)11-20/h3-4,8,13-15H,2,5-7,9-11H2,1H3,(H,21,22,23). The summed E-state index contributed by atoms with van der Waals surface area (Å²) in [7, 11) is 0. The molecule has 0 radical (unpaired) electrons. The highest BCUT2D eigenvalue weighted by Gasteiger charge is 2.54. The minimum absolute atomic E-state index is 0.0960. The first-order valence-electron chi connectivity index (χ1n) is 9.34. The van der Waals surface area contributed by atoms with Gasteiger partial charge in [0.05, 0.1) is 15.6 Å². The summed E-state index contributed by atoms with van der Waals surface area (Å²) in [5, 5.41) is 3.97. The number of aromatic nitrogens is 1. The normalized spacial score (nSPS) is 34.0. The van der Waals surface area contributed by atoms with Gasteiger partial charge in [-0.05, 0) is 80.4 Å². The lowest BCUT2D eigenvalue weighted by molar-refractivity contribution is -0.140. The lowest BCUT2D eigenvalue weighted by Gasteiger charge is -2.55. The Bertz CT molecular complexity index is 774. The van der Waals surface area contributed by atoms with E-state index >= 15 is 0 Å². The molecule has 126 valence electrons. The number of anilines is 1. The summed E-state index contributed by atoms with van der Waals surface area (Å²) in [4.78, 5) is 17.8. The molecule has 1 aromatic carbocycles. The van der Waals surface area contributed by atoms with Crippen molar-refractivity contribution in [3.05, 3.63) is 23.8 Å². The average Bonchev–Trinajstić information content (AvgIpc) is 2.94. The largest absolute Gasteiger partial charge is 0.301 e. The highest BCUT2D eigenvalue weighted by Crippen LogP contribution is 2.60. The van der Waals surface area contributed by atoms with Gasteiger partial charge in [-0.3, -0.25) is 4.79 Å². The van der Waals surface area contributed by atoms with E-state index in [9.17, 15) is 4.79 Å². The van der Waals surface area contributed by atoms with Crippen molar-refractivity contribution < 1.29 is 4.79 Å². The number of aryl methyl sites for hydroxylation is 1. The van der Waals surface area contributed by atoms with Gasteiger partial charge in [-0.25, -0.2) is 4.98 Å². The molecule has 4 aliphatic carbocycles. The number of amides is 1. The quantitative estimate of drug-likeness (QED) is 0.853. The fraction of sp³-hybridized carbons (Fsp3) is 0.600. The van der Waals surface area contributed by atoms with Gasteiger partial charge in [-0.15, -0.1) is 0 Å². The minimum Gasteiger partial charge on any atom is -0.301 e. The van der Waals surface area contributed by atoms with Gasteiger partial charge in [0.2, 0.25) is 5.91 Å². The van der Waals surface area contributed by atoms with Gasteiger partial charge >= 0.3 is 0 Å². The lowest BCUT2D eigenvalue weighted by atomic mass is 9.49. The Labute approximate surface area is 146 Å². The Morgan fingerprint density at radius 3 is 2.50 bits per heavy atom. The molecule has 4 fully saturated rings. The van der Waals surface area contributed by atoms with E-state index in [2.05, 4.69) is 35.4 Å². The third-order valence-corrected chi connectivity index (χ3v) is 7.54. The van der Waals surface area contributed by atoms with Crippen LogP contribution in [0.5, 0.6) is 0 Å². The second-order valence-electron chi connectivity index (χ2n) is 8.33. The molecule has 0 unspecified atom stereocenters. The molecule has 4 aliphatic rings. The van der Waals surface area contributed by atoms with Crippen molar-refractivity contribution in [3.8, 4) is 0 Å². The summed E-state index contributed by atoms with van der Waals surface area (Å²) in [6, 6.07) is 6.41. The van der Waals surface area contributed by atoms with Crippen LogP contribution in [0.4, 0.5) is 5.13 Å². The summed E-state index contributed by atoms with van der Waals surface area (Å²) >= 11 is 1.62. The van der Waals surface area contributed by atoms with E-state index in [-0.39, 0.29) is 11.3 Å². The van der Waals surface area contributed by atoms with Crippen LogP contribution in [0.25, 0.3) is 10.2 Å². The van der Waals surface area contributed by atoms with Crippen LogP contribution in [0.15, 0.2) is 18.2 Å². The van der Waals surface area contributed by atoms with Crippen LogP contribution < -0.4 is 5.32 Å². The molecule has 4 saturated carbocycles. The summed E-state index contributed by atoms with van der Waals surface area (Å²) in [5.74, 6) is 2.63. The first-order valence-corrected chi connectivity index (χ1v) is 10.2. The Kier molecular flexibility index (Phi) is 3.28. The lowest BCUT2D eigenvalue weighted by Crippen LogP contribution is -2.51. The maximum Gasteiger partial charge on any atom is 0.232 e. The van der Waals surface area contributed by atoms with Gasteiger partial charge in [0, 0.05) is 0 Å². The predicted octanol–water partition coefficient (Wildman–Crippen LogP) is 5.01. The molecule has 1 N–H and O–H groups in total. The molecule has 4 bridgehead atoms. The molecule has 1 heterocycles. The van der Waals surface area contributed by atoms with Crippen molar-refractivity contribution in [1.29, 1.82) is 0 Å². The zero-order valence-electron chi connectivity index (χ0n) is 14.2. The molecular formula is C20H24N2OS. The van der Waals surface area contributed by atoms with E-state index in [4.69, 9.17) is 0 Å². The number of nitrogens with zero attached hydrogens (tertiary/aromatic N) is 1. The van der Waals surface area contributed by atoms with E-state index < -0.39 is 0 Å². The summed E-state index contributed by atoms with van der Waals surface area (Å²) in [6.07, 6.45) is 8.46. The van der Waals surface area contributed by atoms with E-state index in [1.807, 2.05) is 0 Å². The van der Waals surface area contributed by atoms with Crippen LogP contribution in [-0.2, 0) is 11.2 Å². The smallest absolute Gasteiger partial charge is 0.232 e. The average molecular weight is 340 g/mol. The molecule has 0 atom stereocenters. The van der Waals surface area contributed by atoms with Gasteiger partial charge in [-0.2, -0.15) is 0 Å². The molecule has 0 spiro atoms. The van der Waals surface area contributed by atoms with Crippen molar-refractivity contribution in [2.45, 2.75) is 51.9 Å². The number of carbonyl (C=O) groups excluding carboxylic acids is 1. The SMILES string of the molecule is CCc1ccc2nc(NC(=O)C34CC5CC(CC(C5)C3)C4)sc2c1. The number of nitrogens with one attached hydrogen (secondary N) is 1. The third kappa shape index (κ3) is 2.30. The van der Waals surface area contributed by atoms with Crippen molar-refractivity contribution >= 4 is 32.6 Å². The molecule has 4 heteroatoms. The number of benzene rings is 1. The van der Waals surface area contributed by atoms with E-state index in [0.717, 1.165) is 54.1 Å². The zero-order valence-corrected chi connectivity index (χ0v) is 15.0. The number of carbonyl (C=O) groups is 1. The van der Waals surface area contributed by atoms with Crippen LogP contribution >= 0.6 is 11.3 Å². The van der Waals surface area contributed by atoms with E-state index in [1.165, 1.54) is 29.5 Å². The molecular weight excluding hydrogens is 316 g/mol. The van der Waals surface area contributed by atoms with Crippen molar-refractivity contribution in [2.24, 2.45) is 23.2 Å². The number of rotatable bonds is 3. The van der Waals surface area contributed by atoms with Gasteiger partial charge in [0.25, 0.3) is 0 Å². The number of hydrogen-bond donors (Lipinski definition) is 1. The second-order valence-corrected chi connectivity index (χ2v) is 9.36. The maximum absolute atomic E-state index is 13.1. The Balaban J connectivity index is 1.40. The fourth-order valence-electron chi connectivity index (χ4n) is 5.86. The number of thiazole rings is 1. The molecule has 3 nitrogen and oxygen atoms in total. The van der Waals surface area contributed by atoms with Crippen LogP contribution in [0.3, 0.4) is 0 Å². The Morgan fingerprint density at radius 1 is 1.21 bits per heavy atom. The van der Waals surface area contributed by atoms with E-state index in [0.29, 0.717) is 0 Å². The van der Waals surface area contributed by atoms with Crippen molar-refractivity contribution in [3.63, 3.8) is 0 Å². The first kappa shape index (κ1) is 14.9. The van der Waals surface area contributed by atoms with Crippen molar-refractivity contribution in [1.82, 2.24) is 4.98 Å². The van der Waals surface area contributed by atoms with Gasteiger partial charge in [0.1, 0.15) is 0 Å². The topological polar surface area (TPSA) is 42.0 Å². The summed E-state index contributed by atoms with van der Waals surface area (Å²) < 4.78 is 1.18. The predicted molar refractivity (Wildman–Crippen MR) is 98.2 cm³/mol. The van der Waals surface area contributed by atoms with Crippen LogP contribution in [0, 0.1) is 23.2 Å². The maximum atomic E-state index is 13.1. The second kappa shape index (κ2) is 5.29. The molecule has 6 rings (SSSR count). The third-order valence-electron chi connectivity index (χ3n) is 6.60. The van der Waals surface area contributed by atoms with Crippen molar-refractivity contribution in [2.75, 3.05) is 5.32 Å². The number of hydrogen-bond acceptors (Lipinski definition) is 3. The molecule has 1 aromatic heterocycles. The minimum atomic E-state index is -0.0960. The molecule has 0 aliphatic heterocycles. The Morgan fingerprint density at radius 2 is 1.88 bits per heavy atom.